The van der Waals surface area contributed by atoms with Gasteiger partial charge in [0, 0.05) is 37.5 Å². The summed E-state index contributed by atoms with van der Waals surface area (Å²) in [5.74, 6) is 1.60. The normalized spacial score (nSPS) is 18.1. The second-order valence-corrected chi connectivity index (χ2v) is 9.31. The summed E-state index contributed by atoms with van der Waals surface area (Å²) in [5, 5.41) is 3.59. The van der Waals surface area contributed by atoms with Crippen LogP contribution in [-0.4, -0.2) is 42.5 Å². The number of thiazole rings is 1. The lowest BCUT2D eigenvalue weighted by atomic mass is 9.89. The van der Waals surface area contributed by atoms with E-state index in [1.165, 1.54) is 43.5 Å². The SMILES string of the molecule is COc1cccc(CNC(=O)c2nc3c(s2)CCN(CC2CCCCC2)CC3)c1. The molecule has 0 bridgehead atoms. The maximum atomic E-state index is 12.6. The highest BCUT2D eigenvalue weighted by Gasteiger charge is 2.23. The van der Waals surface area contributed by atoms with Crippen LogP contribution in [0.15, 0.2) is 24.3 Å². The number of nitrogens with zero attached hydrogens (tertiary/aromatic N) is 2. The number of carbonyl (C=O) groups is 1. The summed E-state index contributed by atoms with van der Waals surface area (Å²) in [6.07, 6.45) is 9.00. The van der Waals surface area contributed by atoms with Gasteiger partial charge in [0.25, 0.3) is 5.91 Å². The number of hydrogen-bond acceptors (Lipinski definition) is 5. The van der Waals surface area contributed by atoms with Gasteiger partial charge in [-0.2, -0.15) is 0 Å². The number of rotatable bonds is 6. The van der Waals surface area contributed by atoms with E-state index in [9.17, 15) is 4.79 Å². The predicted octanol–water partition coefficient (Wildman–Crippen LogP) is 4.06. The molecule has 5 nitrogen and oxygen atoms in total. The molecule has 1 aromatic heterocycles. The molecule has 1 N–H and O–H groups in total. The fourth-order valence-corrected chi connectivity index (χ4v) is 5.48. The van der Waals surface area contributed by atoms with Gasteiger partial charge in [0.15, 0.2) is 5.01 Å². The Labute approximate surface area is 177 Å². The van der Waals surface area contributed by atoms with E-state index in [1.807, 2.05) is 24.3 Å². The Balaban J connectivity index is 1.30. The molecule has 1 aliphatic carbocycles. The minimum absolute atomic E-state index is 0.0787. The van der Waals surface area contributed by atoms with E-state index >= 15 is 0 Å². The van der Waals surface area contributed by atoms with Crippen molar-refractivity contribution in [3.8, 4) is 5.75 Å². The van der Waals surface area contributed by atoms with Crippen molar-refractivity contribution in [2.24, 2.45) is 5.92 Å². The van der Waals surface area contributed by atoms with Crippen LogP contribution in [0.25, 0.3) is 0 Å². The molecule has 2 aromatic rings. The van der Waals surface area contributed by atoms with Crippen LogP contribution in [0.4, 0.5) is 0 Å². The molecular weight excluding hydrogens is 382 g/mol. The molecule has 1 amide bonds. The third-order valence-electron chi connectivity index (χ3n) is 6.12. The summed E-state index contributed by atoms with van der Waals surface area (Å²) in [7, 11) is 1.65. The largest absolute Gasteiger partial charge is 0.497 e. The topological polar surface area (TPSA) is 54.5 Å². The Hall–Kier alpha value is -1.92. The Bertz CT molecular complexity index is 804. The van der Waals surface area contributed by atoms with Crippen LogP contribution >= 0.6 is 11.3 Å². The first-order valence-electron chi connectivity index (χ1n) is 10.8. The van der Waals surface area contributed by atoms with Gasteiger partial charge < -0.3 is 15.0 Å². The van der Waals surface area contributed by atoms with E-state index in [0.717, 1.165) is 48.9 Å². The van der Waals surface area contributed by atoms with Gasteiger partial charge in [-0.3, -0.25) is 4.79 Å². The number of benzene rings is 1. The number of hydrogen-bond donors (Lipinski definition) is 1. The van der Waals surface area contributed by atoms with Gasteiger partial charge in [0.05, 0.1) is 12.8 Å². The van der Waals surface area contributed by atoms with Crippen LogP contribution in [0.3, 0.4) is 0 Å². The molecule has 1 aromatic carbocycles. The molecule has 1 fully saturated rings. The highest BCUT2D eigenvalue weighted by molar-refractivity contribution is 7.13. The smallest absolute Gasteiger partial charge is 0.280 e. The molecule has 1 aliphatic heterocycles. The third kappa shape index (κ3) is 5.37. The number of fused-ring (bicyclic) bond motifs is 1. The zero-order valence-corrected chi connectivity index (χ0v) is 18.1. The van der Waals surface area contributed by atoms with Crippen molar-refractivity contribution in [3.63, 3.8) is 0 Å². The van der Waals surface area contributed by atoms with Crippen LogP contribution in [0.5, 0.6) is 5.75 Å². The van der Waals surface area contributed by atoms with E-state index < -0.39 is 0 Å². The number of nitrogens with one attached hydrogen (secondary N) is 1. The molecule has 4 rings (SSSR count). The summed E-state index contributed by atoms with van der Waals surface area (Å²) in [4.78, 5) is 21.2. The summed E-state index contributed by atoms with van der Waals surface area (Å²) >= 11 is 1.57. The van der Waals surface area contributed by atoms with Crippen molar-refractivity contribution >= 4 is 17.2 Å². The number of carbonyl (C=O) groups excluding carboxylic acids is 1. The standard InChI is InChI=1S/C23H31N3O2S/c1-28-19-9-5-8-18(14-19)15-24-22(27)23-25-20-10-12-26(13-11-21(20)29-23)16-17-6-3-2-4-7-17/h5,8-9,14,17H,2-4,6-7,10-13,15-16H2,1H3,(H,24,27). The lowest BCUT2D eigenvalue weighted by Gasteiger charge is -2.28. The van der Waals surface area contributed by atoms with Crippen molar-refractivity contribution in [1.29, 1.82) is 0 Å². The molecule has 0 saturated heterocycles. The Kier molecular flexibility index (Phi) is 6.82. The molecule has 29 heavy (non-hydrogen) atoms. The molecule has 0 spiro atoms. The highest BCUT2D eigenvalue weighted by Crippen LogP contribution is 2.27. The van der Waals surface area contributed by atoms with Gasteiger partial charge in [0.1, 0.15) is 5.75 Å². The lowest BCUT2D eigenvalue weighted by molar-refractivity contribution is 0.0950. The van der Waals surface area contributed by atoms with Crippen molar-refractivity contribution in [3.05, 3.63) is 45.4 Å². The maximum Gasteiger partial charge on any atom is 0.280 e. The maximum absolute atomic E-state index is 12.6. The molecule has 0 radical (unpaired) electrons. The minimum Gasteiger partial charge on any atom is -0.497 e. The monoisotopic (exact) mass is 413 g/mol. The lowest BCUT2D eigenvalue weighted by Crippen LogP contribution is -2.32. The van der Waals surface area contributed by atoms with Crippen LogP contribution < -0.4 is 10.1 Å². The molecular formula is C23H31N3O2S. The highest BCUT2D eigenvalue weighted by atomic mass is 32.1. The van der Waals surface area contributed by atoms with Crippen molar-refractivity contribution in [2.75, 3.05) is 26.7 Å². The Morgan fingerprint density at radius 1 is 1.24 bits per heavy atom. The molecule has 156 valence electrons. The zero-order chi connectivity index (χ0) is 20.1. The van der Waals surface area contributed by atoms with Crippen LogP contribution in [0, 0.1) is 5.92 Å². The molecule has 1 saturated carbocycles. The van der Waals surface area contributed by atoms with E-state index in [1.54, 1.807) is 18.4 Å². The van der Waals surface area contributed by atoms with Crippen LogP contribution in [-0.2, 0) is 19.4 Å². The average molecular weight is 414 g/mol. The second-order valence-electron chi connectivity index (χ2n) is 8.23. The van der Waals surface area contributed by atoms with E-state index in [0.29, 0.717) is 11.6 Å². The Morgan fingerprint density at radius 3 is 2.90 bits per heavy atom. The molecule has 0 unspecified atom stereocenters. The first kappa shape index (κ1) is 20.4. The minimum atomic E-state index is -0.0787. The van der Waals surface area contributed by atoms with Gasteiger partial charge in [-0.25, -0.2) is 4.98 Å². The zero-order valence-electron chi connectivity index (χ0n) is 17.3. The molecule has 0 atom stereocenters. The number of aromatic nitrogens is 1. The van der Waals surface area contributed by atoms with E-state index in [-0.39, 0.29) is 5.91 Å². The van der Waals surface area contributed by atoms with Crippen LogP contribution in [0.2, 0.25) is 0 Å². The summed E-state index contributed by atoms with van der Waals surface area (Å²) < 4.78 is 5.24. The summed E-state index contributed by atoms with van der Waals surface area (Å²) in [6.45, 7) is 3.88. The van der Waals surface area contributed by atoms with Gasteiger partial charge in [-0.1, -0.05) is 31.4 Å². The van der Waals surface area contributed by atoms with E-state index in [2.05, 4.69) is 10.2 Å². The van der Waals surface area contributed by atoms with Gasteiger partial charge in [0.2, 0.25) is 0 Å². The molecule has 2 aliphatic rings. The first-order valence-corrected chi connectivity index (χ1v) is 11.6. The van der Waals surface area contributed by atoms with Gasteiger partial charge >= 0.3 is 0 Å². The summed E-state index contributed by atoms with van der Waals surface area (Å²) in [5.41, 5.74) is 2.15. The fourth-order valence-electron chi connectivity index (χ4n) is 4.46. The second kappa shape index (κ2) is 9.72. The van der Waals surface area contributed by atoms with E-state index in [4.69, 9.17) is 9.72 Å². The first-order chi connectivity index (χ1) is 14.2. The van der Waals surface area contributed by atoms with Crippen LogP contribution in [0.1, 0.15) is 58.0 Å². The van der Waals surface area contributed by atoms with Crippen molar-refractivity contribution in [2.45, 2.75) is 51.5 Å². The molecule has 2 heterocycles. The average Bonchev–Trinajstić information content (AvgIpc) is 3.09. The van der Waals surface area contributed by atoms with Crippen molar-refractivity contribution < 1.29 is 9.53 Å². The number of methoxy groups -OCH3 is 1. The third-order valence-corrected chi connectivity index (χ3v) is 7.28. The summed E-state index contributed by atoms with van der Waals surface area (Å²) in [6, 6.07) is 7.77. The molecule has 6 heteroatoms. The Morgan fingerprint density at radius 2 is 2.07 bits per heavy atom. The number of ether oxygens (including phenoxy) is 1. The van der Waals surface area contributed by atoms with Gasteiger partial charge in [-0.15, -0.1) is 11.3 Å². The predicted molar refractivity (Wildman–Crippen MR) is 117 cm³/mol. The van der Waals surface area contributed by atoms with Crippen molar-refractivity contribution in [1.82, 2.24) is 15.2 Å². The number of amides is 1. The van der Waals surface area contributed by atoms with Gasteiger partial charge in [-0.05, 0) is 42.9 Å². The quantitative estimate of drug-likeness (QED) is 0.776. The fraction of sp³-hybridized carbons (Fsp3) is 0.565.